The molecule has 0 unspecified atom stereocenters. The highest BCUT2D eigenvalue weighted by Crippen LogP contribution is 2.34. The number of benzene rings is 2. The predicted molar refractivity (Wildman–Crippen MR) is 118 cm³/mol. The number of carbonyl (C=O) groups is 1. The number of aromatic nitrogens is 1. The molecule has 1 amide bonds. The van der Waals surface area contributed by atoms with Gasteiger partial charge in [-0.15, -0.1) is 0 Å². The van der Waals surface area contributed by atoms with Crippen LogP contribution in [0.2, 0.25) is 0 Å². The standard InChI is InChI=1S/C22H22N4O3S/c1-3-22(27)26-21(17-8-11-19-16(13-17)5-4-12-23-19)14-20(24-26)15-6-9-18(10-7-15)25-30(2,28)29/h4-13,21,25H,3,14H2,1-2H3/t21-/m0/s1. The Hall–Kier alpha value is -3.26. The van der Waals surface area contributed by atoms with E-state index >= 15 is 0 Å². The van der Waals surface area contributed by atoms with Crippen LogP contribution < -0.4 is 4.72 Å². The largest absolute Gasteiger partial charge is 0.284 e. The monoisotopic (exact) mass is 422 g/mol. The van der Waals surface area contributed by atoms with Gasteiger partial charge in [0.05, 0.1) is 23.5 Å². The van der Waals surface area contributed by atoms with Gasteiger partial charge >= 0.3 is 0 Å². The van der Waals surface area contributed by atoms with Crippen molar-refractivity contribution in [2.24, 2.45) is 5.10 Å². The van der Waals surface area contributed by atoms with Gasteiger partial charge in [0.2, 0.25) is 15.9 Å². The van der Waals surface area contributed by atoms with Crippen LogP contribution in [0.4, 0.5) is 5.69 Å². The van der Waals surface area contributed by atoms with Gasteiger partial charge in [-0.2, -0.15) is 5.10 Å². The fourth-order valence-corrected chi connectivity index (χ4v) is 4.15. The molecule has 7 nitrogen and oxygen atoms in total. The number of nitrogens with zero attached hydrogens (tertiary/aromatic N) is 3. The Kier molecular flexibility index (Phi) is 5.26. The van der Waals surface area contributed by atoms with Gasteiger partial charge < -0.3 is 0 Å². The van der Waals surface area contributed by atoms with Gasteiger partial charge in [0.15, 0.2) is 0 Å². The molecule has 2 aromatic carbocycles. The molecule has 1 aliphatic heterocycles. The summed E-state index contributed by atoms with van der Waals surface area (Å²) in [5.41, 5.74) is 4.04. The zero-order chi connectivity index (χ0) is 21.3. The number of amides is 1. The van der Waals surface area contributed by atoms with Crippen LogP contribution in [-0.4, -0.2) is 36.3 Å². The molecule has 0 fully saturated rings. The lowest BCUT2D eigenvalue weighted by atomic mass is 9.97. The lowest BCUT2D eigenvalue weighted by molar-refractivity contribution is -0.132. The minimum Gasteiger partial charge on any atom is -0.284 e. The van der Waals surface area contributed by atoms with Crippen LogP contribution in [0, 0.1) is 0 Å². The maximum atomic E-state index is 12.6. The Bertz CT molecular complexity index is 1240. The minimum absolute atomic E-state index is 0.0448. The second-order valence-corrected chi connectivity index (χ2v) is 9.01. The summed E-state index contributed by atoms with van der Waals surface area (Å²) in [4.78, 5) is 16.9. The number of anilines is 1. The van der Waals surface area contributed by atoms with E-state index in [4.69, 9.17) is 0 Å². The van der Waals surface area contributed by atoms with E-state index in [1.807, 2.05) is 43.3 Å². The van der Waals surface area contributed by atoms with E-state index in [2.05, 4.69) is 20.9 Å². The lowest BCUT2D eigenvalue weighted by Crippen LogP contribution is -2.26. The van der Waals surface area contributed by atoms with Gasteiger partial charge in [0.1, 0.15) is 0 Å². The summed E-state index contributed by atoms with van der Waals surface area (Å²) < 4.78 is 25.3. The molecule has 0 spiro atoms. The van der Waals surface area contributed by atoms with E-state index in [-0.39, 0.29) is 11.9 Å². The molecule has 0 bridgehead atoms. The number of fused-ring (bicyclic) bond motifs is 1. The van der Waals surface area contributed by atoms with Crippen molar-refractivity contribution in [3.05, 3.63) is 71.9 Å². The third-order valence-corrected chi connectivity index (χ3v) is 5.61. The maximum Gasteiger partial charge on any atom is 0.242 e. The van der Waals surface area contributed by atoms with Crippen molar-refractivity contribution in [1.82, 2.24) is 9.99 Å². The first-order valence-electron chi connectivity index (χ1n) is 9.66. The summed E-state index contributed by atoms with van der Waals surface area (Å²) in [6.45, 7) is 1.82. The molecule has 8 heteroatoms. The van der Waals surface area contributed by atoms with Crippen LogP contribution >= 0.6 is 0 Å². The summed E-state index contributed by atoms with van der Waals surface area (Å²) in [6, 6.07) is 16.7. The van der Waals surface area contributed by atoms with Gasteiger partial charge in [0, 0.05) is 30.1 Å². The molecule has 30 heavy (non-hydrogen) atoms. The molecule has 0 aliphatic carbocycles. The molecule has 3 aromatic rings. The second kappa shape index (κ2) is 7.87. The van der Waals surface area contributed by atoms with Crippen LogP contribution in [0.1, 0.15) is 36.9 Å². The van der Waals surface area contributed by atoms with Gasteiger partial charge in [0.25, 0.3) is 0 Å². The summed E-state index contributed by atoms with van der Waals surface area (Å²) in [5, 5.41) is 7.20. The number of hydrazone groups is 1. The third kappa shape index (κ3) is 4.18. The summed E-state index contributed by atoms with van der Waals surface area (Å²) in [7, 11) is -3.33. The fourth-order valence-electron chi connectivity index (χ4n) is 3.58. The van der Waals surface area contributed by atoms with Crippen LogP contribution in [0.3, 0.4) is 0 Å². The highest BCUT2D eigenvalue weighted by molar-refractivity contribution is 7.92. The number of rotatable bonds is 5. The maximum absolute atomic E-state index is 12.6. The summed E-state index contributed by atoms with van der Waals surface area (Å²) in [5.74, 6) is -0.0448. The second-order valence-electron chi connectivity index (χ2n) is 7.27. The molecule has 1 aromatic heterocycles. The quantitative estimate of drug-likeness (QED) is 0.679. The van der Waals surface area contributed by atoms with Crippen molar-refractivity contribution >= 4 is 38.2 Å². The molecule has 4 rings (SSSR count). The van der Waals surface area contributed by atoms with Gasteiger partial charge in [-0.1, -0.05) is 31.2 Å². The number of hydrogen-bond acceptors (Lipinski definition) is 5. The first kappa shape index (κ1) is 20.0. The average Bonchev–Trinajstić information content (AvgIpc) is 3.17. The van der Waals surface area contributed by atoms with Crippen LogP contribution in [-0.2, 0) is 14.8 Å². The average molecular weight is 423 g/mol. The van der Waals surface area contributed by atoms with Crippen molar-refractivity contribution in [3.63, 3.8) is 0 Å². The molecule has 0 radical (unpaired) electrons. The zero-order valence-electron chi connectivity index (χ0n) is 16.7. The molecule has 0 saturated carbocycles. The van der Waals surface area contributed by atoms with E-state index in [1.54, 1.807) is 23.3 Å². The summed E-state index contributed by atoms with van der Waals surface area (Å²) >= 11 is 0. The number of sulfonamides is 1. The third-order valence-electron chi connectivity index (χ3n) is 5.00. The topological polar surface area (TPSA) is 91.7 Å². The van der Waals surface area contributed by atoms with E-state index in [9.17, 15) is 13.2 Å². The van der Waals surface area contributed by atoms with Crippen molar-refractivity contribution in [2.45, 2.75) is 25.8 Å². The summed E-state index contributed by atoms with van der Waals surface area (Å²) in [6.07, 6.45) is 3.81. The van der Waals surface area contributed by atoms with Crippen LogP contribution in [0.15, 0.2) is 65.9 Å². The molecule has 1 N–H and O–H groups in total. The Morgan fingerprint density at radius 3 is 2.63 bits per heavy atom. The first-order valence-corrected chi connectivity index (χ1v) is 11.6. The van der Waals surface area contributed by atoms with Gasteiger partial charge in [-0.25, -0.2) is 13.4 Å². The minimum atomic E-state index is -3.33. The molecular weight excluding hydrogens is 400 g/mol. The van der Waals surface area contributed by atoms with Crippen molar-refractivity contribution in [1.29, 1.82) is 0 Å². The van der Waals surface area contributed by atoms with Crippen LogP contribution in [0.25, 0.3) is 10.9 Å². The number of pyridine rings is 1. The smallest absolute Gasteiger partial charge is 0.242 e. The van der Waals surface area contributed by atoms with E-state index in [0.29, 0.717) is 18.5 Å². The predicted octanol–water partition coefficient (Wildman–Crippen LogP) is 3.69. The number of nitrogens with one attached hydrogen (secondary N) is 1. The van der Waals surface area contributed by atoms with E-state index < -0.39 is 10.0 Å². The Balaban J connectivity index is 1.65. The van der Waals surface area contributed by atoms with E-state index in [0.717, 1.165) is 34.0 Å². The Morgan fingerprint density at radius 1 is 1.17 bits per heavy atom. The normalized spacial score (nSPS) is 16.5. The van der Waals surface area contributed by atoms with E-state index in [1.165, 1.54) is 0 Å². The first-order chi connectivity index (χ1) is 14.3. The van der Waals surface area contributed by atoms with Crippen molar-refractivity contribution < 1.29 is 13.2 Å². The number of carbonyl (C=O) groups excluding carboxylic acids is 1. The highest BCUT2D eigenvalue weighted by Gasteiger charge is 2.32. The van der Waals surface area contributed by atoms with Crippen molar-refractivity contribution in [3.8, 4) is 0 Å². The molecule has 154 valence electrons. The molecule has 1 atom stereocenters. The van der Waals surface area contributed by atoms with Gasteiger partial charge in [-0.3, -0.25) is 14.5 Å². The zero-order valence-corrected chi connectivity index (χ0v) is 17.6. The Morgan fingerprint density at radius 2 is 1.93 bits per heavy atom. The Labute approximate surface area is 175 Å². The van der Waals surface area contributed by atoms with Crippen molar-refractivity contribution in [2.75, 3.05) is 11.0 Å². The SMILES string of the molecule is CCC(=O)N1N=C(c2ccc(NS(C)(=O)=O)cc2)C[C@H]1c1ccc2ncccc2c1. The van der Waals surface area contributed by atoms with Gasteiger partial charge in [-0.05, 0) is 41.5 Å². The molecule has 2 heterocycles. The molecule has 1 aliphatic rings. The molecule has 0 saturated heterocycles. The highest BCUT2D eigenvalue weighted by atomic mass is 32.2. The lowest BCUT2D eigenvalue weighted by Gasteiger charge is -2.21. The number of hydrogen-bond donors (Lipinski definition) is 1. The molecular formula is C22H22N4O3S. The fraction of sp³-hybridized carbons (Fsp3) is 0.227. The van der Waals surface area contributed by atoms with Crippen LogP contribution in [0.5, 0.6) is 0 Å².